The van der Waals surface area contributed by atoms with E-state index in [0.717, 1.165) is 5.56 Å². The molecule has 7 nitrogen and oxygen atoms in total. The summed E-state index contributed by atoms with van der Waals surface area (Å²) in [6, 6.07) is 13.3. The Morgan fingerprint density at radius 1 is 1.15 bits per heavy atom. The van der Waals surface area contributed by atoms with Gasteiger partial charge in [-0.05, 0) is 18.2 Å². The molecule has 0 bridgehead atoms. The summed E-state index contributed by atoms with van der Waals surface area (Å²) in [7, 11) is 0. The minimum absolute atomic E-state index is 0.0967. The van der Waals surface area contributed by atoms with E-state index in [0.29, 0.717) is 27.5 Å². The van der Waals surface area contributed by atoms with Gasteiger partial charge in [0.2, 0.25) is 11.9 Å². The third-order valence-corrected chi connectivity index (χ3v) is 4.46. The summed E-state index contributed by atoms with van der Waals surface area (Å²) in [6.45, 7) is 0. The third-order valence-electron chi connectivity index (χ3n) is 4.02. The van der Waals surface area contributed by atoms with E-state index in [1.54, 1.807) is 18.2 Å². The highest BCUT2D eigenvalue weighted by atomic mass is 35.5. The number of nitrogens with one attached hydrogen (secondary N) is 2. The standard InChI is InChI=1S/C18H13Cl2N5O2/c19-11-6-12(20)8-13(7-11)21-15(26)9-14-17(27)23-18-22-16(24-25(14)18)10-4-2-1-3-5-10/h1-8,14H,9H2,(H,21,26)(H,22,23,24,27)/t14-/m1/s1. The first-order valence-electron chi connectivity index (χ1n) is 8.08. The van der Waals surface area contributed by atoms with Crippen LogP contribution < -0.4 is 10.6 Å². The van der Waals surface area contributed by atoms with E-state index in [1.165, 1.54) is 4.68 Å². The van der Waals surface area contributed by atoms with Crippen LogP contribution in [0, 0.1) is 0 Å². The summed E-state index contributed by atoms with van der Waals surface area (Å²) in [4.78, 5) is 28.9. The largest absolute Gasteiger partial charge is 0.326 e. The first-order valence-corrected chi connectivity index (χ1v) is 8.84. The fourth-order valence-corrected chi connectivity index (χ4v) is 3.36. The van der Waals surface area contributed by atoms with Crippen LogP contribution in [-0.2, 0) is 9.59 Å². The lowest BCUT2D eigenvalue weighted by atomic mass is 10.2. The van der Waals surface area contributed by atoms with Crippen molar-refractivity contribution < 1.29 is 9.59 Å². The molecule has 27 heavy (non-hydrogen) atoms. The number of carbonyl (C=O) groups is 2. The van der Waals surface area contributed by atoms with E-state index in [1.807, 2.05) is 30.3 Å². The molecule has 136 valence electrons. The second-order valence-corrected chi connectivity index (χ2v) is 6.86. The fourth-order valence-electron chi connectivity index (χ4n) is 2.83. The van der Waals surface area contributed by atoms with Gasteiger partial charge in [-0.1, -0.05) is 53.5 Å². The number of rotatable bonds is 4. The molecule has 2 amide bonds. The molecule has 1 aliphatic heterocycles. The number of nitrogens with zero attached hydrogens (tertiary/aromatic N) is 3. The molecule has 0 saturated carbocycles. The molecule has 2 heterocycles. The van der Waals surface area contributed by atoms with Crippen LogP contribution in [-0.4, -0.2) is 26.6 Å². The van der Waals surface area contributed by atoms with Crippen LogP contribution in [0.5, 0.6) is 0 Å². The van der Waals surface area contributed by atoms with Crippen LogP contribution in [0.2, 0.25) is 10.0 Å². The summed E-state index contributed by atoms with van der Waals surface area (Å²) in [5, 5.41) is 10.5. The number of fused-ring (bicyclic) bond motifs is 1. The second-order valence-electron chi connectivity index (χ2n) is 5.99. The third kappa shape index (κ3) is 3.65. The first-order chi connectivity index (χ1) is 13.0. The van der Waals surface area contributed by atoms with Gasteiger partial charge in [-0.2, -0.15) is 4.98 Å². The molecule has 1 aromatic heterocycles. The summed E-state index contributed by atoms with van der Waals surface area (Å²) in [5.41, 5.74) is 1.28. The predicted molar refractivity (Wildman–Crippen MR) is 103 cm³/mol. The minimum atomic E-state index is -0.778. The quantitative estimate of drug-likeness (QED) is 0.695. The number of aromatic nitrogens is 3. The van der Waals surface area contributed by atoms with E-state index < -0.39 is 6.04 Å². The Morgan fingerprint density at radius 3 is 2.56 bits per heavy atom. The number of hydrogen-bond acceptors (Lipinski definition) is 4. The highest BCUT2D eigenvalue weighted by molar-refractivity contribution is 6.35. The maximum atomic E-state index is 12.4. The average Bonchev–Trinajstić information content (AvgIpc) is 3.14. The molecule has 0 radical (unpaired) electrons. The van der Waals surface area contributed by atoms with Crippen molar-refractivity contribution in [2.24, 2.45) is 0 Å². The SMILES string of the molecule is O=C(C[C@@H]1C(=O)Nc2nc(-c3ccccc3)nn21)Nc1cc(Cl)cc(Cl)c1. The van der Waals surface area contributed by atoms with E-state index in [4.69, 9.17) is 23.2 Å². The van der Waals surface area contributed by atoms with Gasteiger partial charge in [0.05, 0.1) is 6.42 Å². The molecule has 0 saturated heterocycles. The zero-order valence-electron chi connectivity index (χ0n) is 13.8. The molecule has 1 atom stereocenters. The van der Waals surface area contributed by atoms with Crippen LogP contribution in [0.15, 0.2) is 48.5 Å². The van der Waals surface area contributed by atoms with Crippen molar-refractivity contribution in [3.05, 3.63) is 58.6 Å². The van der Waals surface area contributed by atoms with Crippen LogP contribution in [0.3, 0.4) is 0 Å². The second kappa shape index (κ2) is 7.02. The Kier molecular flexibility index (Phi) is 4.55. The van der Waals surface area contributed by atoms with E-state index >= 15 is 0 Å². The fraction of sp³-hybridized carbons (Fsp3) is 0.111. The molecular formula is C18H13Cl2N5O2. The summed E-state index contributed by atoms with van der Waals surface area (Å²) in [6.07, 6.45) is -0.0967. The minimum Gasteiger partial charge on any atom is -0.326 e. The molecule has 2 N–H and O–H groups in total. The smallest absolute Gasteiger partial charge is 0.252 e. The zero-order valence-corrected chi connectivity index (χ0v) is 15.3. The van der Waals surface area contributed by atoms with Gasteiger partial charge in [0.1, 0.15) is 6.04 Å². The van der Waals surface area contributed by atoms with Crippen molar-refractivity contribution in [2.75, 3.05) is 10.6 Å². The normalized spacial score (nSPS) is 15.3. The molecule has 4 rings (SSSR count). The average molecular weight is 402 g/mol. The highest BCUT2D eigenvalue weighted by Crippen LogP contribution is 2.29. The number of anilines is 2. The maximum Gasteiger partial charge on any atom is 0.252 e. The van der Waals surface area contributed by atoms with E-state index in [-0.39, 0.29) is 18.2 Å². The van der Waals surface area contributed by atoms with Crippen molar-refractivity contribution >= 4 is 46.7 Å². The summed E-state index contributed by atoms with van der Waals surface area (Å²) < 4.78 is 1.44. The van der Waals surface area contributed by atoms with Gasteiger partial charge in [0.15, 0.2) is 5.82 Å². The first kappa shape index (κ1) is 17.5. The van der Waals surface area contributed by atoms with Crippen molar-refractivity contribution in [1.82, 2.24) is 14.8 Å². The molecular weight excluding hydrogens is 389 g/mol. The number of halogens is 2. The van der Waals surface area contributed by atoms with E-state index in [9.17, 15) is 9.59 Å². The molecule has 1 aliphatic rings. The Morgan fingerprint density at radius 2 is 1.85 bits per heavy atom. The van der Waals surface area contributed by atoms with Gasteiger partial charge in [-0.15, -0.1) is 5.10 Å². The Balaban J connectivity index is 1.52. The zero-order chi connectivity index (χ0) is 19.0. The number of amides is 2. The van der Waals surface area contributed by atoms with Crippen molar-refractivity contribution in [2.45, 2.75) is 12.5 Å². The molecule has 9 heteroatoms. The maximum absolute atomic E-state index is 12.4. The summed E-state index contributed by atoms with van der Waals surface area (Å²) >= 11 is 11.9. The molecule has 0 unspecified atom stereocenters. The van der Waals surface area contributed by atoms with Crippen molar-refractivity contribution in [3.8, 4) is 11.4 Å². The predicted octanol–water partition coefficient (Wildman–Crippen LogP) is 3.77. The van der Waals surface area contributed by atoms with Gasteiger partial charge in [-0.25, -0.2) is 4.68 Å². The van der Waals surface area contributed by atoms with Crippen molar-refractivity contribution in [1.29, 1.82) is 0 Å². The van der Waals surface area contributed by atoms with Crippen LogP contribution in [0.25, 0.3) is 11.4 Å². The molecule has 0 fully saturated rings. The van der Waals surface area contributed by atoms with Gasteiger partial charge < -0.3 is 5.32 Å². The Bertz CT molecular complexity index is 1020. The van der Waals surface area contributed by atoms with Crippen LogP contribution in [0.4, 0.5) is 11.6 Å². The Labute approximate surface area is 164 Å². The van der Waals surface area contributed by atoms with Crippen molar-refractivity contribution in [3.63, 3.8) is 0 Å². The van der Waals surface area contributed by atoms with Gasteiger partial charge in [0, 0.05) is 21.3 Å². The van der Waals surface area contributed by atoms with Gasteiger partial charge >= 0.3 is 0 Å². The Hall–Kier alpha value is -2.90. The number of hydrogen-bond donors (Lipinski definition) is 2. The van der Waals surface area contributed by atoms with Crippen LogP contribution in [0.1, 0.15) is 12.5 Å². The van der Waals surface area contributed by atoms with Gasteiger partial charge in [0.25, 0.3) is 5.91 Å². The molecule has 0 aliphatic carbocycles. The number of benzene rings is 2. The highest BCUT2D eigenvalue weighted by Gasteiger charge is 2.35. The molecule has 3 aromatic rings. The lowest BCUT2D eigenvalue weighted by Gasteiger charge is -2.10. The van der Waals surface area contributed by atoms with E-state index in [2.05, 4.69) is 20.7 Å². The molecule has 0 spiro atoms. The molecule has 2 aromatic carbocycles. The summed E-state index contributed by atoms with van der Waals surface area (Å²) in [5.74, 6) is 0.113. The lowest BCUT2D eigenvalue weighted by molar-refractivity contribution is -0.123. The monoisotopic (exact) mass is 401 g/mol. The lowest BCUT2D eigenvalue weighted by Crippen LogP contribution is -2.23. The van der Waals surface area contributed by atoms with Gasteiger partial charge in [-0.3, -0.25) is 14.9 Å². The van der Waals surface area contributed by atoms with Crippen LogP contribution >= 0.6 is 23.2 Å². The topological polar surface area (TPSA) is 88.9 Å². The number of carbonyl (C=O) groups excluding carboxylic acids is 2.